The summed E-state index contributed by atoms with van der Waals surface area (Å²) in [6, 6.07) is 28.2. The SMILES string of the molecule is CCCCOc1cc(N(C)C)ccc1C1(c2c(-c3ccccc3)n(C)c3ccccc23)OC(=O)c2cccnc21. The smallest absolute Gasteiger partial charge is 0.341 e. The summed E-state index contributed by atoms with van der Waals surface area (Å²) < 4.78 is 15.3. The van der Waals surface area contributed by atoms with Gasteiger partial charge in [0.1, 0.15) is 11.4 Å². The molecule has 0 spiro atoms. The van der Waals surface area contributed by atoms with Crippen LogP contribution in [0.15, 0.2) is 91.1 Å². The Morgan fingerprint density at radius 3 is 2.52 bits per heavy atom. The predicted molar refractivity (Wildman–Crippen MR) is 159 cm³/mol. The van der Waals surface area contributed by atoms with Crippen molar-refractivity contribution in [1.82, 2.24) is 9.55 Å². The Hall–Kier alpha value is -4.58. The van der Waals surface area contributed by atoms with E-state index < -0.39 is 11.6 Å². The van der Waals surface area contributed by atoms with Gasteiger partial charge in [-0.3, -0.25) is 4.98 Å². The lowest BCUT2D eigenvalue weighted by atomic mass is 9.79. The number of hydrogen-bond donors (Lipinski definition) is 0. The zero-order valence-electron chi connectivity index (χ0n) is 23.3. The Balaban J connectivity index is 1.76. The molecule has 0 amide bonds. The monoisotopic (exact) mass is 531 g/mol. The number of rotatable bonds is 8. The molecule has 2 aromatic heterocycles. The lowest BCUT2D eigenvalue weighted by Gasteiger charge is -2.32. The van der Waals surface area contributed by atoms with Crippen molar-refractivity contribution in [1.29, 1.82) is 0 Å². The molecule has 3 heterocycles. The third kappa shape index (κ3) is 3.94. The van der Waals surface area contributed by atoms with Gasteiger partial charge in [0.15, 0.2) is 0 Å². The van der Waals surface area contributed by atoms with Crippen molar-refractivity contribution in [2.75, 3.05) is 25.6 Å². The standard InChI is InChI=1S/C34H33N3O3/c1-5-6-21-39-29-22-24(36(2)3)18-19-27(29)34(32-26(33(38)40-34)16-12-20-35-32)30-25-15-10-11-17-28(25)37(4)31(30)23-13-8-7-9-14-23/h7-20,22H,5-6,21H2,1-4H3. The molecule has 0 aliphatic carbocycles. The summed E-state index contributed by atoms with van der Waals surface area (Å²) in [5.41, 5.74) is 5.36. The summed E-state index contributed by atoms with van der Waals surface area (Å²) in [6.07, 6.45) is 3.65. The Morgan fingerprint density at radius 1 is 0.975 bits per heavy atom. The van der Waals surface area contributed by atoms with Gasteiger partial charge in [-0.1, -0.05) is 61.9 Å². The lowest BCUT2D eigenvalue weighted by molar-refractivity contribution is 0.0241. The zero-order chi connectivity index (χ0) is 27.9. The molecule has 0 saturated heterocycles. The van der Waals surface area contributed by atoms with Gasteiger partial charge in [0.05, 0.1) is 17.9 Å². The second-order valence-corrected chi connectivity index (χ2v) is 10.4. The van der Waals surface area contributed by atoms with E-state index in [0.29, 0.717) is 23.6 Å². The molecule has 1 unspecified atom stereocenters. The minimum Gasteiger partial charge on any atom is -0.493 e. The van der Waals surface area contributed by atoms with Crippen LogP contribution in [-0.2, 0) is 17.4 Å². The van der Waals surface area contributed by atoms with Crippen LogP contribution in [0.5, 0.6) is 5.75 Å². The molecule has 0 radical (unpaired) electrons. The van der Waals surface area contributed by atoms with Crippen LogP contribution < -0.4 is 9.64 Å². The number of nitrogens with zero attached hydrogens (tertiary/aromatic N) is 3. The molecule has 6 nitrogen and oxygen atoms in total. The highest BCUT2D eigenvalue weighted by atomic mass is 16.6. The van der Waals surface area contributed by atoms with E-state index >= 15 is 0 Å². The van der Waals surface area contributed by atoms with E-state index in [4.69, 9.17) is 14.5 Å². The fourth-order valence-corrected chi connectivity index (χ4v) is 5.79. The first-order valence-electron chi connectivity index (χ1n) is 13.7. The predicted octanol–water partition coefficient (Wildman–Crippen LogP) is 6.95. The van der Waals surface area contributed by atoms with Crippen molar-refractivity contribution in [2.45, 2.75) is 25.4 Å². The van der Waals surface area contributed by atoms with Crippen LogP contribution in [0.4, 0.5) is 5.69 Å². The van der Waals surface area contributed by atoms with Crippen molar-refractivity contribution in [3.63, 3.8) is 0 Å². The first-order valence-corrected chi connectivity index (χ1v) is 13.7. The number of para-hydroxylation sites is 1. The van der Waals surface area contributed by atoms with Gasteiger partial charge in [0.2, 0.25) is 5.60 Å². The van der Waals surface area contributed by atoms with Gasteiger partial charge in [-0.05, 0) is 42.3 Å². The molecule has 40 heavy (non-hydrogen) atoms. The molecule has 1 atom stereocenters. The van der Waals surface area contributed by atoms with Crippen LogP contribution in [0, 0.1) is 0 Å². The maximum atomic E-state index is 13.6. The molecule has 0 fully saturated rings. The van der Waals surface area contributed by atoms with Crippen LogP contribution in [0.3, 0.4) is 0 Å². The van der Waals surface area contributed by atoms with E-state index in [0.717, 1.165) is 51.8 Å². The lowest BCUT2D eigenvalue weighted by Crippen LogP contribution is -2.32. The van der Waals surface area contributed by atoms with Gasteiger partial charge in [-0.2, -0.15) is 0 Å². The number of benzene rings is 3. The first kappa shape index (κ1) is 25.7. The molecular weight excluding hydrogens is 498 g/mol. The Morgan fingerprint density at radius 2 is 1.75 bits per heavy atom. The average molecular weight is 532 g/mol. The van der Waals surface area contributed by atoms with Gasteiger partial charge in [-0.15, -0.1) is 0 Å². The van der Waals surface area contributed by atoms with Crippen LogP contribution in [0.1, 0.15) is 46.9 Å². The topological polar surface area (TPSA) is 56.6 Å². The molecule has 6 heteroatoms. The molecule has 1 aliphatic heterocycles. The minimum atomic E-state index is -1.33. The molecule has 5 aromatic rings. The quantitative estimate of drug-likeness (QED) is 0.160. The molecule has 0 saturated carbocycles. The maximum Gasteiger partial charge on any atom is 0.341 e. The fourth-order valence-electron chi connectivity index (χ4n) is 5.79. The van der Waals surface area contributed by atoms with Crippen molar-refractivity contribution >= 4 is 22.6 Å². The van der Waals surface area contributed by atoms with E-state index in [2.05, 4.69) is 42.8 Å². The zero-order valence-corrected chi connectivity index (χ0v) is 23.3. The van der Waals surface area contributed by atoms with Crippen molar-refractivity contribution in [2.24, 2.45) is 7.05 Å². The number of pyridine rings is 1. The van der Waals surface area contributed by atoms with Gasteiger partial charge in [-0.25, -0.2) is 4.79 Å². The number of aromatic nitrogens is 2. The minimum absolute atomic E-state index is 0.397. The van der Waals surface area contributed by atoms with Gasteiger partial charge in [0.25, 0.3) is 0 Å². The largest absolute Gasteiger partial charge is 0.493 e. The molecule has 202 valence electrons. The summed E-state index contributed by atoms with van der Waals surface area (Å²) in [5.74, 6) is 0.282. The van der Waals surface area contributed by atoms with Crippen molar-refractivity contribution < 1.29 is 14.3 Å². The van der Waals surface area contributed by atoms with Crippen molar-refractivity contribution in [3.05, 3.63) is 114 Å². The Kier molecular flexibility index (Phi) is 6.54. The summed E-state index contributed by atoms with van der Waals surface area (Å²) >= 11 is 0. The third-order valence-corrected chi connectivity index (χ3v) is 7.73. The van der Waals surface area contributed by atoms with Crippen LogP contribution in [0.2, 0.25) is 0 Å². The van der Waals surface area contributed by atoms with Crippen LogP contribution in [-0.4, -0.2) is 36.2 Å². The highest BCUT2D eigenvalue weighted by Crippen LogP contribution is 2.54. The number of ether oxygens (including phenoxy) is 2. The highest BCUT2D eigenvalue weighted by Gasteiger charge is 2.54. The van der Waals surface area contributed by atoms with E-state index in [9.17, 15) is 4.79 Å². The molecule has 1 aliphatic rings. The normalized spacial score (nSPS) is 16.1. The highest BCUT2D eigenvalue weighted by molar-refractivity contribution is 6.00. The number of carbonyl (C=O) groups excluding carboxylic acids is 1. The maximum absolute atomic E-state index is 13.6. The second-order valence-electron chi connectivity index (χ2n) is 10.4. The fraction of sp³-hybridized carbons (Fsp3) is 0.235. The summed E-state index contributed by atoms with van der Waals surface area (Å²) in [6.45, 7) is 2.70. The molecular formula is C34H33N3O3. The number of esters is 1. The Labute approximate surface area is 234 Å². The van der Waals surface area contributed by atoms with Gasteiger partial charge < -0.3 is 18.9 Å². The second kappa shape index (κ2) is 10.2. The average Bonchev–Trinajstić information content (AvgIpc) is 3.45. The molecule has 3 aromatic carbocycles. The number of unbranched alkanes of at least 4 members (excludes halogenated alkanes) is 1. The van der Waals surface area contributed by atoms with Gasteiger partial charge in [0, 0.05) is 61.1 Å². The number of hydrogen-bond acceptors (Lipinski definition) is 5. The Bertz CT molecular complexity index is 1710. The molecule has 6 rings (SSSR count). The van der Waals surface area contributed by atoms with Crippen molar-refractivity contribution in [3.8, 4) is 17.0 Å². The third-order valence-electron chi connectivity index (χ3n) is 7.73. The van der Waals surface area contributed by atoms with E-state index in [-0.39, 0.29) is 0 Å². The van der Waals surface area contributed by atoms with E-state index in [1.54, 1.807) is 18.3 Å². The first-order chi connectivity index (χ1) is 19.5. The number of cyclic esters (lactones) is 1. The molecule has 0 bridgehead atoms. The summed E-state index contributed by atoms with van der Waals surface area (Å²) in [5, 5.41) is 0.992. The summed E-state index contributed by atoms with van der Waals surface area (Å²) in [7, 11) is 6.07. The number of aryl methyl sites for hydroxylation is 1. The number of fused-ring (bicyclic) bond motifs is 2. The van der Waals surface area contributed by atoms with E-state index in [1.165, 1.54) is 0 Å². The summed E-state index contributed by atoms with van der Waals surface area (Å²) in [4.78, 5) is 20.5. The number of carbonyl (C=O) groups is 1. The number of anilines is 1. The van der Waals surface area contributed by atoms with Crippen LogP contribution in [0.25, 0.3) is 22.2 Å². The molecule has 0 N–H and O–H groups in total. The van der Waals surface area contributed by atoms with Gasteiger partial charge >= 0.3 is 5.97 Å². The van der Waals surface area contributed by atoms with Crippen LogP contribution >= 0.6 is 0 Å². The van der Waals surface area contributed by atoms with E-state index in [1.807, 2.05) is 67.5 Å².